The van der Waals surface area contributed by atoms with Crippen LogP contribution < -0.4 is 10.6 Å². The highest BCUT2D eigenvalue weighted by Crippen LogP contribution is 2.38. The van der Waals surface area contributed by atoms with Crippen LogP contribution in [0.25, 0.3) is 0 Å². The van der Waals surface area contributed by atoms with Crippen LogP contribution in [0.2, 0.25) is 0 Å². The van der Waals surface area contributed by atoms with Crippen LogP contribution in [-0.4, -0.2) is 42.9 Å². The van der Waals surface area contributed by atoms with Crippen LogP contribution in [0, 0.1) is 11.8 Å². The van der Waals surface area contributed by atoms with Gasteiger partial charge in [0.2, 0.25) is 5.91 Å². The van der Waals surface area contributed by atoms with Crippen LogP contribution in [-0.2, 0) is 4.79 Å². The smallest absolute Gasteiger partial charge is 0.253 e. The molecule has 0 aromatic heterocycles. The van der Waals surface area contributed by atoms with Crippen LogP contribution in [0.5, 0.6) is 0 Å². The molecule has 0 radical (unpaired) electrons. The summed E-state index contributed by atoms with van der Waals surface area (Å²) in [6.45, 7) is 3.99. The van der Waals surface area contributed by atoms with Gasteiger partial charge in [-0.25, -0.2) is 0 Å². The zero-order chi connectivity index (χ0) is 16.4. The van der Waals surface area contributed by atoms with Crippen molar-refractivity contribution < 1.29 is 9.59 Å². The van der Waals surface area contributed by atoms with Crippen LogP contribution in [0.3, 0.4) is 0 Å². The third-order valence-electron chi connectivity index (χ3n) is 5.00. The number of nitrogens with one attached hydrogen (secondary N) is 2. The number of hydrogen-bond donors (Lipinski definition) is 2. The quantitative estimate of drug-likeness (QED) is 0.876. The molecule has 2 unspecified atom stereocenters. The Balaban J connectivity index is 0.00000208. The van der Waals surface area contributed by atoms with Gasteiger partial charge in [0.25, 0.3) is 5.91 Å². The first kappa shape index (κ1) is 18.7. The topological polar surface area (TPSA) is 61.4 Å². The van der Waals surface area contributed by atoms with Crippen molar-refractivity contribution in [2.24, 2.45) is 11.8 Å². The normalized spacial score (nSPS) is 23.1. The Hall–Kier alpha value is -1.59. The van der Waals surface area contributed by atoms with Crippen molar-refractivity contribution in [1.82, 2.24) is 10.2 Å². The fraction of sp³-hybridized carbons (Fsp3) is 0.556. The van der Waals surface area contributed by atoms with Crippen LogP contribution >= 0.6 is 12.4 Å². The molecule has 1 aromatic rings. The fourth-order valence-electron chi connectivity index (χ4n) is 3.22. The monoisotopic (exact) mass is 351 g/mol. The molecule has 1 aliphatic carbocycles. The maximum atomic E-state index is 12.7. The molecule has 1 heterocycles. The van der Waals surface area contributed by atoms with E-state index in [-0.39, 0.29) is 36.2 Å². The summed E-state index contributed by atoms with van der Waals surface area (Å²) in [5, 5.41) is 6.24. The van der Waals surface area contributed by atoms with Crippen LogP contribution in [0.1, 0.15) is 36.5 Å². The first-order valence-electron chi connectivity index (χ1n) is 8.45. The molecule has 5 nitrogen and oxygen atoms in total. The van der Waals surface area contributed by atoms with Gasteiger partial charge in [-0.05, 0) is 56.5 Å². The van der Waals surface area contributed by atoms with E-state index in [0.29, 0.717) is 17.2 Å². The molecule has 1 aliphatic heterocycles. The summed E-state index contributed by atoms with van der Waals surface area (Å²) in [7, 11) is 1.87. The van der Waals surface area contributed by atoms with E-state index in [2.05, 4.69) is 17.6 Å². The molecular formula is C18H26ClN3O2. The Morgan fingerprint density at radius 3 is 2.54 bits per heavy atom. The SMILES string of the molecule is CC1CC1C(=O)Nc1cccc(C(=O)N(C)C2CCNCC2)c1.Cl. The van der Waals surface area contributed by atoms with E-state index in [4.69, 9.17) is 0 Å². The molecule has 3 rings (SSSR count). The third-order valence-corrected chi connectivity index (χ3v) is 5.00. The van der Waals surface area contributed by atoms with Crippen molar-refractivity contribution >= 4 is 29.9 Å². The molecule has 6 heteroatoms. The standard InChI is InChI=1S/C18H25N3O2.ClH/c1-12-10-16(12)17(22)20-14-5-3-4-13(11-14)18(23)21(2)15-6-8-19-9-7-15;/h3-5,11-12,15-16,19H,6-10H2,1-2H3,(H,20,22);1H. The van der Waals surface area contributed by atoms with Gasteiger partial charge in [0, 0.05) is 30.3 Å². The van der Waals surface area contributed by atoms with Crippen molar-refractivity contribution in [1.29, 1.82) is 0 Å². The highest BCUT2D eigenvalue weighted by Gasteiger charge is 2.39. The van der Waals surface area contributed by atoms with E-state index >= 15 is 0 Å². The van der Waals surface area contributed by atoms with Crippen molar-refractivity contribution in [3.63, 3.8) is 0 Å². The minimum Gasteiger partial charge on any atom is -0.339 e. The fourth-order valence-corrected chi connectivity index (χ4v) is 3.22. The number of benzene rings is 1. The molecule has 0 bridgehead atoms. The summed E-state index contributed by atoms with van der Waals surface area (Å²) in [4.78, 5) is 26.5. The van der Waals surface area contributed by atoms with E-state index in [1.807, 2.05) is 30.1 Å². The highest BCUT2D eigenvalue weighted by molar-refractivity contribution is 5.98. The summed E-state index contributed by atoms with van der Waals surface area (Å²) in [5.74, 6) is 0.694. The summed E-state index contributed by atoms with van der Waals surface area (Å²) in [6, 6.07) is 7.55. The van der Waals surface area contributed by atoms with Gasteiger partial charge in [-0.3, -0.25) is 9.59 Å². The first-order valence-corrected chi connectivity index (χ1v) is 8.45. The van der Waals surface area contributed by atoms with Crippen molar-refractivity contribution in [2.45, 2.75) is 32.2 Å². The summed E-state index contributed by atoms with van der Waals surface area (Å²) >= 11 is 0. The highest BCUT2D eigenvalue weighted by atomic mass is 35.5. The maximum Gasteiger partial charge on any atom is 0.253 e. The van der Waals surface area contributed by atoms with Crippen molar-refractivity contribution in [2.75, 3.05) is 25.5 Å². The van der Waals surface area contributed by atoms with E-state index in [1.165, 1.54) is 0 Å². The van der Waals surface area contributed by atoms with Crippen LogP contribution in [0.4, 0.5) is 5.69 Å². The maximum absolute atomic E-state index is 12.7. The molecule has 2 atom stereocenters. The van der Waals surface area contributed by atoms with Gasteiger partial charge < -0.3 is 15.5 Å². The van der Waals surface area contributed by atoms with E-state index in [9.17, 15) is 9.59 Å². The predicted molar refractivity (Wildman–Crippen MR) is 97.6 cm³/mol. The Morgan fingerprint density at radius 2 is 1.92 bits per heavy atom. The molecule has 1 aromatic carbocycles. The molecule has 1 saturated carbocycles. The Bertz CT molecular complexity index is 602. The Morgan fingerprint density at radius 1 is 1.25 bits per heavy atom. The van der Waals surface area contributed by atoms with Crippen molar-refractivity contribution in [3.05, 3.63) is 29.8 Å². The lowest BCUT2D eigenvalue weighted by molar-refractivity contribution is -0.117. The summed E-state index contributed by atoms with van der Waals surface area (Å²) < 4.78 is 0. The van der Waals surface area contributed by atoms with E-state index < -0.39 is 0 Å². The molecule has 2 fully saturated rings. The lowest BCUT2D eigenvalue weighted by atomic mass is 10.0. The Kier molecular flexibility index (Phi) is 6.24. The minimum atomic E-state index is 0. The number of anilines is 1. The second-order valence-electron chi connectivity index (χ2n) is 6.79. The second kappa shape index (κ2) is 7.99. The van der Waals surface area contributed by atoms with Gasteiger partial charge in [-0.1, -0.05) is 13.0 Å². The molecule has 1 saturated heterocycles. The number of piperidine rings is 1. The lowest BCUT2D eigenvalue weighted by Gasteiger charge is -2.31. The third kappa shape index (κ3) is 4.28. The Labute approximate surface area is 149 Å². The second-order valence-corrected chi connectivity index (χ2v) is 6.79. The zero-order valence-electron chi connectivity index (χ0n) is 14.2. The average Bonchev–Trinajstić information content (AvgIpc) is 3.31. The predicted octanol–water partition coefficient (Wildman–Crippen LogP) is 2.53. The van der Waals surface area contributed by atoms with E-state index in [0.717, 1.165) is 32.4 Å². The van der Waals surface area contributed by atoms with Gasteiger partial charge in [-0.15, -0.1) is 12.4 Å². The largest absolute Gasteiger partial charge is 0.339 e. The number of carbonyl (C=O) groups is 2. The van der Waals surface area contributed by atoms with Gasteiger partial charge in [0.05, 0.1) is 0 Å². The van der Waals surface area contributed by atoms with Gasteiger partial charge in [-0.2, -0.15) is 0 Å². The minimum absolute atomic E-state index is 0. The van der Waals surface area contributed by atoms with Crippen LogP contribution in [0.15, 0.2) is 24.3 Å². The number of hydrogen-bond acceptors (Lipinski definition) is 3. The molecule has 2 N–H and O–H groups in total. The summed E-state index contributed by atoms with van der Waals surface area (Å²) in [6.07, 6.45) is 2.93. The number of amides is 2. The number of carbonyl (C=O) groups excluding carboxylic acids is 2. The van der Waals surface area contributed by atoms with Gasteiger partial charge >= 0.3 is 0 Å². The average molecular weight is 352 g/mol. The lowest BCUT2D eigenvalue weighted by Crippen LogP contribution is -2.43. The molecule has 2 aliphatic rings. The number of rotatable bonds is 4. The molecule has 2 amide bonds. The molecule has 132 valence electrons. The number of halogens is 1. The van der Waals surface area contributed by atoms with Crippen molar-refractivity contribution in [3.8, 4) is 0 Å². The molecule has 24 heavy (non-hydrogen) atoms. The number of nitrogens with zero attached hydrogens (tertiary/aromatic N) is 1. The van der Waals surface area contributed by atoms with E-state index in [1.54, 1.807) is 6.07 Å². The molecule has 0 spiro atoms. The first-order chi connectivity index (χ1) is 11.1. The summed E-state index contributed by atoms with van der Waals surface area (Å²) in [5.41, 5.74) is 1.34. The zero-order valence-corrected chi connectivity index (χ0v) is 15.1. The van der Waals surface area contributed by atoms with Gasteiger partial charge in [0.15, 0.2) is 0 Å². The molecular weight excluding hydrogens is 326 g/mol. The van der Waals surface area contributed by atoms with Gasteiger partial charge in [0.1, 0.15) is 0 Å².